The Morgan fingerprint density at radius 1 is 0.968 bits per heavy atom. The maximum atomic E-state index is 10.2. The van der Waals surface area contributed by atoms with Gasteiger partial charge in [-0.25, -0.2) is 0 Å². The molecule has 11 nitrogen and oxygen atoms in total. The molecule has 0 amide bonds. The normalized spacial score (nSPS) is 39.6. The fourth-order valence-electron chi connectivity index (χ4n) is 3.49. The second kappa shape index (κ2) is 10.8. The van der Waals surface area contributed by atoms with E-state index < -0.39 is 68.0 Å². The topological polar surface area (TPSA) is 182 Å². The van der Waals surface area contributed by atoms with Gasteiger partial charge >= 0.3 is 0 Å². The van der Waals surface area contributed by atoms with Gasteiger partial charge in [0.1, 0.15) is 30.5 Å². The van der Waals surface area contributed by atoms with Gasteiger partial charge in [-0.1, -0.05) is 30.3 Å². The van der Waals surface area contributed by atoms with Gasteiger partial charge in [-0.3, -0.25) is 0 Å². The zero-order chi connectivity index (χ0) is 22.5. The number of aliphatic hydroxyl groups is 6. The van der Waals surface area contributed by atoms with Crippen LogP contribution in [-0.2, 0) is 18.9 Å². The highest BCUT2D eigenvalue weighted by atomic mass is 16.7. The quantitative estimate of drug-likeness (QED) is 0.273. The Hall–Kier alpha value is -1.69. The summed E-state index contributed by atoms with van der Waals surface area (Å²) in [6, 6.07) is 10.6. The third kappa shape index (κ3) is 5.57. The first-order valence-corrected chi connectivity index (χ1v) is 9.89. The van der Waals surface area contributed by atoms with Crippen molar-refractivity contribution in [2.75, 3.05) is 13.2 Å². The lowest BCUT2D eigenvalue weighted by molar-refractivity contribution is -0.320. The lowest BCUT2D eigenvalue weighted by atomic mass is 9.99. The van der Waals surface area contributed by atoms with Crippen molar-refractivity contribution in [3.63, 3.8) is 0 Å². The van der Waals surface area contributed by atoms with Crippen molar-refractivity contribution in [3.8, 4) is 6.07 Å². The number of rotatable bonds is 7. The van der Waals surface area contributed by atoms with E-state index >= 15 is 0 Å². The van der Waals surface area contributed by atoms with Crippen LogP contribution in [0.1, 0.15) is 18.1 Å². The SMILES string of the molecule is N#CC(O[C@@H]1O[C@H](CO[C@@H]2O[C@H](CO)[C@@H](O)[C@H](O)[C@H]2O)C[C@H](O)[C@H]1O)c1ccccc1. The number of hydrogen-bond acceptors (Lipinski definition) is 11. The van der Waals surface area contributed by atoms with E-state index in [0.29, 0.717) is 5.56 Å². The summed E-state index contributed by atoms with van der Waals surface area (Å²) in [4.78, 5) is 0. The van der Waals surface area contributed by atoms with Crippen LogP contribution in [0.2, 0.25) is 0 Å². The van der Waals surface area contributed by atoms with Crippen LogP contribution in [0.5, 0.6) is 0 Å². The van der Waals surface area contributed by atoms with E-state index in [9.17, 15) is 35.9 Å². The van der Waals surface area contributed by atoms with E-state index in [-0.39, 0.29) is 13.0 Å². The fraction of sp³-hybridized carbons (Fsp3) is 0.650. The molecule has 6 N–H and O–H groups in total. The van der Waals surface area contributed by atoms with E-state index in [1.807, 2.05) is 6.07 Å². The number of aliphatic hydroxyl groups excluding tert-OH is 6. The third-order valence-electron chi connectivity index (χ3n) is 5.29. The first kappa shape index (κ1) is 24.0. The van der Waals surface area contributed by atoms with Crippen molar-refractivity contribution in [2.24, 2.45) is 0 Å². The van der Waals surface area contributed by atoms with E-state index in [4.69, 9.17) is 18.9 Å². The third-order valence-corrected chi connectivity index (χ3v) is 5.29. The van der Waals surface area contributed by atoms with Gasteiger partial charge in [-0.05, 0) is 5.56 Å². The Labute approximate surface area is 178 Å². The number of nitrogens with zero attached hydrogens (tertiary/aromatic N) is 1. The highest BCUT2D eigenvalue weighted by molar-refractivity contribution is 5.22. The zero-order valence-corrected chi connectivity index (χ0v) is 16.5. The van der Waals surface area contributed by atoms with Crippen LogP contribution in [0.15, 0.2) is 30.3 Å². The summed E-state index contributed by atoms with van der Waals surface area (Å²) in [5, 5.41) is 68.8. The van der Waals surface area contributed by atoms with Crippen molar-refractivity contribution < 1.29 is 49.6 Å². The standard InChI is InChI=1S/C20H27NO10/c21-7-13(10-4-2-1-3-5-10)30-20-15(24)12(23)6-11(29-20)9-28-19-18(27)17(26)16(25)14(8-22)31-19/h1-5,11-20,22-27H,6,8-9H2/t11-,12-,13?,14+,15+,16+,17-,18+,19+,20-/m0/s1. The molecule has 2 aliphatic rings. The molecular weight excluding hydrogens is 414 g/mol. The molecule has 0 spiro atoms. The minimum absolute atomic E-state index is 0.0268. The number of benzene rings is 1. The van der Waals surface area contributed by atoms with Crippen LogP contribution >= 0.6 is 0 Å². The van der Waals surface area contributed by atoms with E-state index in [0.717, 1.165) is 0 Å². The maximum Gasteiger partial charge on any atom is 0.188 e. The van der Waals surface area contributed by atoms with Crippen LogP contribution in [-0.4, -0.2) is 99.2 Å². The minimum Gasteiger partial charge on any atom is -0.394 e. The van der Waals surface area contributed by atoms with E-state index in [1.54, 1.807) is 30.3 Å². The highest BCUT2D eigenvalue weighted by Gasteiger charge is 2.45. The zero-order valence-electron chi connectivity index (χ0n) is 16.5. The molecule has 1 aromatic carbocycles. The molecule has 2 aliphatic heterocycles. The lowest BCUT2D eigenvalue weighted by Crippen LogP contribution is -2.59. The highest BCUT2D eigenvalue weighted by Crippen LogP contribution is 2.28. The molecule has 2 saturated heterocycles. The van der Waals surface area contributed by atoms with E-state index in [1.165, 1.54) is 0 Å². The molecular formula is C20H27NO10. The fourth-order valence-corrected chi connectivity index (χ4v) is 3.49. The van der Waals surface area contributed by atoms with Gasteiger partial charge < -0.3 is 49.6 Å². The molecule has 0 aromatic heterocycles. The molecule has 0 saturated carbocycles. The van der Waals surface area contributed by atoms with Gasteiger partial charge in [0.2, 0.25) is 0 Å². The Morgan fingerprint density at radius 2 is 1.68 bits per heavy atom. The van der Waals surface area contributed by atoms with Crippen molar-refractivity contribution in [2.45, 2.75) is 67.8 Å². The molecule has 10 atom stereocenters. The maximum absolute atomic E-state index is 10.2. The summed E-state index contributed by atoms with van der Waals surface area (Å²) >= 11 is 0. The molecule has 2 heterocycles. The van der Waals surface area contributed by atoms with Gasteiger partial charge in [0.15, 0.2) is 18.7 Å². The van der Waals surface area contributed by atoms with Gasteiger partial charge in [-0.2, -0.15) is 5.26 Å². The monoisotopic (exact) mass is 441 g/mol. The summed E-state index contributed by atoms with van der Waals surface area (Å²) < 4.78 is 21.9. The second-order valence-corrected chi connectivity index (χ2v) is 7.51. The summed E-state index contributed by atoms with van der Waals surface area (Å²) in [6.07, 6.45) is -13.0. The first-order valence-electron chi connectivity index (χ1n) is 9.89. The van der Waals surface area contributed by atoms with Gasteiger partial charge in [0, 0.05) is 6.42 Å². The molecule has 0 radical (unpaired) electrons. The number of nitriles is 1. The largest absolute Gasteiger partial charge is 0.394 e. The van der Waals surface area contributed by atoms with E-state index in [2.05, 4.69) is 0 Å². The van der Waals surface area contributed by atoms with Gasteiger partial charge in [-0.15, -0.1) is 0 Å². The molecule has 1 unspecified atom stereocenters. The summed E-state index contributed by atoms with van der Waals surface area (Å²) in [7, 11) is 0. The van der Waals surface area contributed by atoms with Gasteiger partial charge in [0.25, 0.3) is 0 Å². The van der Waals surface area contributed by atoms with Crippen molar-refractivity contribution in [1.29, 1.82) is 5.26 Å². The summed E-state index contributed by atoms with van der Waals surface area (Å²) in [5.41, 5.74) is 0.551. The predicted molar refractivity (Wildman–Crippen MR) is 101 cm³/mol. The lowest BCUT2D eigenvalue weighted by Gasteiger charge is -2.41. The van der Waals surface area contributed by atoms with Gasteiger partial charge in [0.05, 0.1) is 31.5 Å². The Balaban J connectivity index is 1.60. The smallest absolute Gasteiger partial charge is 0.188 e. The first-order chi connectivity index (χ1) is 14.8. The Bertz CT molecular complexity index is 728. The Morgan fingerprint density at radius 3 is 2.32 bits per heavy atom. The minimum atomic E-state index is -1.59. The van der Waals surface area contributed by atoms with Crippen molar-refractivity contribution >= 4 is 0 Å². The van der Waals surface area contributed by atoms with Crippen LogP contribution in [0, 0.1) is 11.3 Å². The van der Waals surface area contributed by atoms with Crippen molar-refractivity contribution in [1.82, 2.24) is 0 Å². The molecule has 11 heteroatoms. The summed E-state index contributed by atoms with van der Waals surface area (Å²) in [5.74, 6) is 0. The molecule has 2 fully saturated rings. The second-order valence-electron chi connectivity index (χ2n) is 7.51. The predicted octanol–water partition coefficient (Wildman–Crippen LogP) is -2.08. The van der Waals surface area contributed by atoms with Crippen LogP contribution in [0.3, 0.4) is 0 Å². The molecule has 0 bridgehead atoms. The number of ether oxygens (including phenoxy) is 4. The van der Waals surface area contributed by atoms with Crippen molar-refractivity contribution in [3.05, 3.63) is 35.9 Å². The molecule has 1 aromatic rings. The average Bonchev–Trinajstić information content (AvgIpc) is 2.78. The summed E-state index contributed by atoms with van der Waals surface area (Å²) in [6.45, 7) is -0.824. The van der Waals surface area contributed by atoms with Crippen LogP contribution < -0.4 is 0 Å². The molecule has 31 heavy (non-hydrogen) atoms. The average molecular weight is 441 g/mol. The molecule has 0 aliphatic carbocycles. The molecule has 172 valence electrons. The van der Waals surface area contributed by atoms with Crippen LogP contribution in [0.25, 0.3) is 0 Å². The number of hydrogen-bond donors (Lipinski definition) is 6. The van der Waals surface area contributed by atoms with Crippen LogP contribution in [0.4, 0.5) is 0 Å². The molecule has 3 rings (SSSR count). The Kier molecular flexibility index (Phi) is 8.31.